The quantitative estimate of drug-likeness (QED) is 0.208. The molecule has 1 aromatic heterocycles. The number of para-hydroxylation sites is 2. The van der Waals surface area contributed by atoms with E-state index in [9.17, 15) is 0 Å². The molecule has 2 aliphatic heterocycles. The topological polar surface area (TPSA) is 16.1 Å². The summed E-state index contributed by atoms with van der Waals surface area (Å²) in [5.74, 6) is 1.67. The highest BCUT2D eigenvalue weighted by Gasteiger charge is 2.41. The van der Waals surface area contributed by atoms with Gasteiger partial charge in [-0.25, -0.2) is 0 Å². The van der Waals surface area contributed by atoms with Gasteiger partial charge in [0.2, 0.25) is 0 Å². The minimum atomic E-state index is 0.686. The summed E-state index contributed by atoms with van der Waals surface area (Å²) in [5.41, 5.74) is 9.80. The summed E-state index contributed by atoms with van der Waals surface area (Å²) < 4.78 is 0. The second-order valence-electron chi connectivity index (χ2n) is 11.5. The van der Waals surface area contributed by atoms with Gasteiger partial charge < -0.3 is 4.90 Å². The molecular weight excluding hydrogens is 483 g/mol. The van der Waals surface area contributed by atoms with E-state index in [1.807, 2.05) is 6.20 Å². The number of fused-ring (bicyclic) bond motifs is 2. The van der Waals surface area contributed by atoms with Crippen LogP contribution in [0.2, 0.25) is 11.6 Å². The van der Waals surface area contributed by atoms with Gasteiger partial charge in [-0.15, -0.1) is 0 Å². The molecule has 3 heteroatoms. The Balaban J connectivity index is 1.22. The van der Waals surface area contributed by atoms with Crippen molar-refractivity contribution in [3.05, 3.63) is 128 Å². The second-order valence-corrected chi connectivity index (χ2v) is 11.5. The van der Waals surface area contributed by atoms with Gasteiger partial charge in [0.25, 0.3) is 0 Å². The van der Waals surface area contributed by atoms with Gasteiger partial charge in [-0.1, -0.05) is 128 Å². The van der Waals surface area contributed by atoms with Crippen LogP contribution in [0, 0.1) is 0 Å². The standard InChI is InChI=1S/C37H35BN2/c1-3-15-32(16-4-1)40(33-17-5-2-6-18-33)34-23-21-28(22-24-34)29-25-26-39-37(27-29)35-19-7-8-20-36(35)38-30-11-9-12-31(38)14-10-13-30/h1-8,15-27,30-31H,9-14H2. The molecule has 0 unspecified atom stereocenters. The van der Waals surface area contributed by atoms with Crippen molar-refractivity contribution in [3.8, 4) is 22.4 Å². The fourth-order valence-corrected chi connectivity index (χ4v) is 7.37. The predicted octanol–water partition coefficient (Wildman–Crippen LogP) is 9.70. The Bertz CT molecular complexity index is 1500. The van der Waals surface area contributed by atoms with E-state index >= 15 is 0 Å². The number of nitrogens with zero attached hydrogens (tertiary/aromatic N) is 2. The SMILES string of the molecule is c1ccc(N(c2ccccc2)c2ccc(-c3ccnc(-c4ccccc4B4C5CCCC4CCC5)c3)cc2)cc1. The van der Waals surface area contributed by atoms with Crippen LogP contribution >= 0.6 is 0 Å². The third kappa shape index (κ3) is 4.86. The molecule has 2 aliphatic rings. The van der Waals surface area contributed by atoms with Crippen LogP contribution < -0.4 is 10.4 Å². The van der Waals surface area contributed by atoms with E-state index < -0.39 is 0 Å². The first kappa shape index (κ1) is 24.9. The summed E-state index contributed by atoms with van der Waals surface area (Å²) in [6.07, 6.45) is 10.3. The van der Waals surface area contributed by atoms with E-state index in [0.29, 0.717) is 6.71 Å². The Morgan fingerprint density at radius 3 is 1.73 bits per heavy atom. The first-order chi connectivity index (χ1) is 19.8. The maximum Gasteiger partial charge on any atom is 0.183 e. The van der Waals surface area contributed by atoms with Crippen LogP contribution in [0.15, 0.2) is 128 Å². The van der Waals surface area contributed by atoms with Gasteiger partial charge in [0, 0.05) is 23.3 Å². The van der Waals surface area contributed by atoms with E-state index in [2.05, 4.69) is 126 Å². The molecule has 0 amide bonds. The monoisotopic (exact) mass is 518 g/mol. The van der Waals surface area contributed by atoms with Crippen molar-refractivity contribution < 1.29 is 0 Å². The molecule has 2 bridgehead atoms. The lowest BCUT2D eigenvalue weighted by molar-refractivity contribution is 0.448. The molecule has 2 saturated heterocycles. The Hall–Kier alpha value is -4.11. The number of benzene rings is 4. The zero-order valence-corrected chi connectivity index (χ0v) is 23.0. The number of aromatic nitrogens is 1. The smallest absolute Gasteiger partial charge is 0.183 e. The van der Waals surface area contributed by atoms with Crippen LogP contribution in [0.3, 0.4) is 0 Å². The zero-order chi connectivity index (χ0) is 26.7. The predicted molar refractivity (Wildman–Crippen MR) is 170 cm³/mol. The minimum absolute atomic E-state index is 0.686. The average molecular weight is 519 g/mol. The Labute approximate surface area is 238 Å². The second kappa shape index (κ2) is 11.2. The van der Waals surface area contributed by atoms with Crippen molar-refractivity contribution in [3.63, 3.8) is 0 Å². The summed E-state index contributed by atoms with van der Waals surface area (Å²) in [6.45, 7) is 0.686. The van der Waals surface area contributed by atoms with Crippen LogP contribution in [0.4, 0.5) is 17.1 Å². The summed E-state index contributed by atoms with van der Waals surface area (Å²) in [5, 5.41) is 0. The summed E-state index contributed by atoms with van der Waals surface area (Å²) >= 11 is 0. The van der Waals surface area contributed by atoms with E-state index in [4.69, 9.17) is 4.98 Å². The number of hydrogen-bond acceptors (Lipinski definition) is 2. The van der Waals surface area contributed by atoms with E-state index in [-0.39, 0.29) is 0 Å². The number of anilines is 3. The van der Waals surface area contributed by atoms with Gasteiger partial charge in [0.1, 0.15) is 0 Å². The van der Waals surface area contributed by atoms with Crippen molar-refractivity contribution in [2.24, 2.45) is 0 Å². The highest BCUT2D eigenvalue weighted by atomic mass is 15.1. The normalized spacial score (nSPS) is 18.4. The van der Waals surface area contributed by atoms with Gasteiger partial charge in [-0.2, -0.15) is 0 Å². The zero-order valence-electron chi connectivity index (χ0n) is 23.0. The number of pyridine rings is 1. The van der Waals surface area contributed by atoms with Gasteiger partial charge >= 0.3 is 0 Å². The first-order valence-corrected chi connectivity index (χ1v) is 14.9. The molecule has 196 valence electrons. The molecule has 2 fully saturated rings. The maximum atomic E-state index is 4.90. The van der Waals surface area contributed by atoms with Crippen LogP contribution in [0.25, 0.3) is 22.4 Å². The summed E-state index contributed by atoms with van der Waals surface area (Å²) in [7, 11) is 0. The molecule has 0 atom stereocenters. The minimum Gasteiger partial charge on any atom is -0.311 e. The summed E-state index contributed by atoms with van der Waals surface area (Å²) in [4.78, 5) is 7.21. The third-order valence-corrected chi connectivity index (χ3v) is 9.16. The van der Waals surface area contributed by atoms with Crippen molar-refractivity contribution >= 4 is 29.2 Å². The van der Waals surface area contributed by atoms with Crippen LogP contribution in [-0.4, -0.2) is 11.7 Å². The molecule has 7 rings (SSSR count). The lowest BCUT2D eigenvalue weighted by atomic mass is 9.24. The molecule has 5 aromatic rings. The molecule has 2 nitrogen and oxygen atoms in total. The molecule has 3 heterocycles. The van der Waals surface area contributed by atoms with Gasteiger partial charge in [0.15, 0.2) is 6.71 Å². The van der Waals surface area contributed by atoms with Crippen molar-refractivity contribution in [2.45, 2.75) is 50.2 Å². The Kier molecular flexibility index (Phi) is 6.96. The van der Waals surface area contributed by atoms with Gasteiger partial charge in [0.05, 0.1) is 5.69 Å². The van der Waals surface area contributed by atoms with Gasteiger partial charge in [-0.05, 0) is 65.2 Å². The molecule has 0 saturated carbocycles. The molecule has 0 radical (unpaired) electrons. The van der Waals surface area contributed by atoms with E-state index in [1.165, 1.54) is 60.7 Å². The number of rotatable bonds is 6. The van der Waals surface area contributed by atoms with Crippen LogP contribution in [0.1, 0.15) is 38.5 Å². The Morgan fingerprint density at radius 2 is 1.10 bits per heavy atom. The Morgan fingerprint density at radius 1 is 0.550 bits per heavy atom. The maximum absolute atomic E-state index is 4.90. The highest BCUT2D eigenvalue weighted by molar-refractivity contribution is 6.77. The highest BCUT2D eigenvalue weighted by Crippen LogP contribution is 2.47. The first-order valence-electron chi connectivity index (χ1n) is 14.9. The lowest BCUT2D eigenvalue weighted by Gasteiger charge is -2.41. The van der Waals surface area contributed by atoms with Crippen molar-refractivity contribution in [1.29, 1.82) is 0 Å². The third-order valence-electron chi connectivity index (χ3n) is 9.16. The van der Waals surface area contributed by atoms with Crippen LogP contribution in [0.5, 0.6) is 0 Å². The number of hydrogen-bond donors (Lipinski definition) is 0. The fraction of sp³-hybridized carbons (Fsp3) is 0.216. The van der Waals surface area contributed by atoms with E-state index in [0.717, 1.165) is 34.4 Å². The van der Waals surface area contributed by atoms with E-state index in [1.54, 1.807) is 0 Å². The fourth-order valence-electron chi connectivity index (χ4n) is 7.37. The molecule has 4 aromatic carbocycles. The van der Waals surface area contributed by atoms with Crippen molar-refractivity contribution in [1.82, 2.24) is 4.98 Å². The summed E-state index contributed by atoms with van der Waals surface area (Å²) in [6, 6.07) is 43.6. The average Bonchev–Trinajstić information content (AvgIpc) is 3.02. The molecule has 0 spiro atoms. The largest absolute Gasteiger partial charge is 0.311 e. The van der Waals surface area contributed by atoms with Crippen molar-refractivity contribution in [2.75, 3.05) is 4.90 Å². The molecule has 40 heavy (non-hydrogen) atoms. The molecule has 0 aliphatic carbocycles. The lowest BCUT2D eigenvalue weighted by Crippen LogP contribution is -2.45. The van der Waals surface area contributed by atoms with Gasteiger partial charge in [-0.3, -0.25) is 4.98 Å². The van der Waals surface area contributed by atoms with Crippen LogP contribution in [-0.2, 0) is 0 Å². The molecule has 0 N–H and O–H groups in total. The molecular formula is C37H35BN2.